The molecule has 140 valence electrons. The Labute approximate surface area is 160 Å². The molecule has 4 fully saturated rings. The maximum atomic E-state index is 11.5. The topological polar surface area (TPSA) is 46.5 Å². The smallest absolute Gasteiger partial charge is 0.335 e. The number of carboxylic acids is 1. The molecule has 4 saturated carbocycles. The fourth-order valence-corrected chi connectivity index (χ4v) is 6.39. The lowest BCUT2D eigenvalue weighted by atomic mass is 9.48. The second kappa shape index (κ2) is 6.40. The highest BCUT2D eigenvalue weighted by molar-refractivity contribution is 5.88. The van der Waals surface area contributed by atoms with Gasteiger partial charge < -0.3 is 9.84 Å². The lowest BCUT2D eigenvalue weighted by Gasteiger charge is -2.57. The van der Waals surface area contributed by atoms with Crippen molar-refractivity contribution in [2.75, 3.05) is 0 Å². The van der Waals surface area contributed by atoms with Crippen LogP contribution in [0.3, 0.4) is 0 Å². The van der Waals surface area contributed by atoms with Gasteiger partial charge in [0, 0.05) is 5.56 Å². The van der Waals surface area contributed by atoms with Crippen LogP contribution in [0.4, 0.5) is 0 Å². The number of hydrogen-bond donors (Lipinski definition) is 1. The molecule has 1 N–H and O–H groups in total. The zero-order chi connectivity index (χ0) is 18.4. The Bertz CT molecular complexity index is 820. The maximum Gasteiger partial charge on any atom is 0.335 e. The molecule has 0 saturated heterocycles. The molecule has 2 aromatic carbocycles. The van der Waals surface area contributed by atoms with Crippen molar-refractivity contribution in [3.63, 3.8) is 0 Å². The number of carboxylic acid groups (broad SMARTS) is 1. The van der Waals surface area contributed by atoms with Crippen molar-refractivity contribution < 1.29 is 14.6 Å². The molecule has 2 aromatic rings. The van der Waals surface area contributed by atoms with Crippen molar-refractivity contribution in [3.05, 3.63) is 65.2 Å². The first-order valence-electron chi connectivity index (χ1n) is 10.2. The van der Waals surface area contributed by atoms with Crippen LogP contribution < -0.4 is 4.74 Å². The largest absolute Gasteiger partial charge is 0.489 e. The zero-order valence-electron chi connectivity index (χ0n) is 15.6. The van der Waals surface area contributed by atoms with Crippen LogP contribution in [-0.2, 0) is 12.0 Å². The van der Waals surface area contributed by atoms with Gasteiger partial charge in [0.25, 0.3) is 0 Å². The lowest BCUT2D eigenvalue weighted by molar-refractivity contribution is -0.00650. The van der Waals surface area contributed by atoms with E-state index in [-0.39, 0.29) is 5.41 Å². The van der Waals surface area contributed by atoms with Crippen LogP contribution in [0.15, 0.2) is 48.5 Å². The van der Waals surface area contributed by atoms with E-state index >= 15 is 0 Å². The van der Waals surface area contributed by atoms with Crippen molar-refractivity contribution in [1.29, 1.82) is 0 Å². The third-order valence-electron chi connectivity index (χ3n) is 7.08. The van der Waals surface area contributed by atoms with Crippen molar-refractivity contribution in [1.82, 2.24) is 0 Å². The Morgan fingerprint density at radius 3 is 2.19 bits per heavy atom. The molecule has 27 heavy (non-hydrogen) atoms. The standard InChI is InChI=1S/C24H26O3/c25-23(26)20-6-7-21(22(11-20)27-15-16-4-2-1-3-5-16)24-12-17-8-18(13-24)10-19(9-17)14-24/h1-7,11,17-19H,8-10,12-15H2,(H,25,26). The van der Waals surface area contributed by atoms with Crippen LogP contribution in [0.5, 0.6) is 5.75 Å². The van der Waals surface area contributed by atoms with E-state index in [0.717, 1.165) is 29.1 Å². The fraction of sp³-hybridized carbons (Fsp3) is 0.458. The first kappa shape index (κ1) is 16.9. The highest BCUT2D eigenvalue weighted by Crippen LogP contribution is 2.61. The van der Waals surface area contributed by atoms with Crippen molar-refractivity contribution in [2.45, 2.75) is 50.5 Å². The van der Waals surface area contributed by atoms with Gasteiger partial charge in [0.05, 0.1) is 5.56 Å². The minimum absolute atomic E-state index is 0.192. The molecule has 0 amide bonds. The number of aromatic carboxylic acids is 1. The second-order valence-corrected chi connectivity index (χ2v) is 8.99. The third kappa shape index (κ3) is 3.03. The predicted molar refractivity (Wildman–Crippen MR) is 104 cm³/mol. The van der Waals surface area contributed by atoms with Gasteiger partial charge in [-0.05, 0) is 79.4 Å². The molecule has 3 nitrogen and oxygen atoms in total. The molecule has 0 aromatic heterocycles. The third-order valence-corrected chi connectivity index (χ3v) is 7.08. The Morgan fingerprint density at radius 1 is 0.963 bits per heavy atom. The molecule has 4 bridgehead atoms. The molecule has 3 heteroatoms. The normalized spacial score (nSPS) is 31.0. The summed E-state index contributed by atoms with van der Waals surface area (Å²) < 4.78 is 6.24. The summed E-state index contributed by atoms with van der Waals surface area (Å²) in [7, 11) is 0. The molecule has 0 heterocycles. The molecular weight excluding hydrogens is 336 g/mol. The Hall–Kier alpha value is -2.29. The predicted octanol–water partition coefficient (Wildman–Crippen LogP) is 5.43. The summed E-state index contributed by atoms with van der Waals surface area (Å²) in [5.41, 5.74) is 2.86. The van der Waals surface area contributed by atoms with Gasteiger partial charge in [0.15, 0.2) is 0 Å². The van der Waals surface area contributed by atoms with E-state index < -0.39 is 5.97 Å². The molecule has 6 rings (SSSR count). The summed E-state index contributed by atoms with van der Waals surface area (Å²) in [6.45, 7) is 0.475. The monoisotopic (exact) mass is 362 g/mol. The first-order valence-corrected chi connectivity index (χ1v) is 10.2. The minimum atomic E-state index is -0.892. The maximum absolute atomic E-state index is 11.5. The molecule has 0 atom stereocenters. The zero-order valence-corrected chi connectivity index (χ0v) is 15.6. The van der Waals surface area contributed by atoms with E-state index in [1.165, 1.54) is 44.1 Å². The number of rotatable bonds is 5. The summed E-state index contributed by atoms with van der Waals surface area (Å²) in [6, 6.07) is 15.7. The highest BCUT2D eigenvalue weighted by atomic mass is 16.5. The quantitative estimate of drug-likeness (QED) is 0.771. The van der Waals surface area contributed by atoms with Gasteiger partial charge in [-0.3, -0.25) is 0 Å². The van der Waals surface area contributed by atoms with Gasteiger partial charge in [0.1, 0.15) is 12.4 Å². The van der Waals surface area contributed by atoms with Crippen LogP contribution in [0.2, 0.25) is 0 Å². The molecule has 0 radical (unpaired) electrons. The minimum Gasteiger partial charge on any atom is -0.489 e. The molecule has 0 unspecified atom stereocenters. The number of benzene rings is 2. The highest BCUT2D eigenvalue weighted by Gasteiger charge is 2.52. The Morgan fingerprint density at radius 2 is 1.59 bits per heavy atom. The Balaban J connectivity index is 1.50. The molecule has 0 aliphatic heterocycles. The van der Waals surface area contributed by atoms with Gasteiger partial charge in [0.2, 0.25) is 0 Å². The van der Waals surface area contributed by atoms with Crippen molar-refractivity contribution in [3.8, 4) is 5.75 Å². The number of ether oxygens (including phenoxy) is 1. The van der Waals surface area contributed by atoms with Crippen LogP contribution in [0.1, 0.15) is 60.0 Å². The van der Waals surface area contributed by atoms with Crippen molar-refractivity contribution >= 4 is 5.97 Å². The Kier molecular flexibility index (Phi) is 3.99. The van der Waals surface area contributed by atoms with Gasteiger partial charge in [-0.1, -0.05) is 36.4 Å². The van der Waals surface area contributed by atoms with Crippen LogP contribution >= 0.6 is 0 Å². The molecular formula is C24H26O3. The van der Waals surface area contributed by atoms with Crippen LogP contribution in [-0.4, -0.2) is 11.1 Å². The van der Waals surface area contributed by atoms with E-state index in [4.69, 9.17) is 4.74 Å². The average molecular weight is 362 g/mol. The van der Waals surface area contributed by atoms with Gasteiger partial charge in [-0.15, -0.1) is 0 Å². The summed E-state index contributed by atoms with van der Waals surface area (Å²) in [6.07, 6.45) is 7.92. The molecule has 4 aliphatic rings. The summed E-state index contributed by atoms with van der Waals surface area (Å²) in [5.74, 6) is 2.42. The van der Waals surface area contributed by atoms with E-state index in [9.17, 15) is 9.90 Å². The van der Waals surface area contributed by atoms with Crippen LogP contribution in [0, 0.1) is 17.8 Å². The van der Waals surface area contributed by atoms with Crippen LogP contribution in [0.25, 0.3) is 0 Å². The number of hydrogen-bond acceptors (Lipinski definition) is 2. The summed E-state index contributed by atoms with van der Waals surface area (Å²) >= 11 is 0. The van der Waals surface area contributed by atoms with E-state index in [0.29, 0.717) is 12.2 Å². The van der Waals surface area contributed by atoms with Gasteiger partial charge in [-0.2, -0.15) is 0 Å². The summed E-state index contributed by atoms with van der Waals surface area (Å²) in [4.78, 5) is 11.5. The van der Waals surface area contributed by atoms with E-state index in [1.807, 2.05) is 30.3 Å². The fourth-order valence-electron chi connectivity index (χ4n) is 6.39. The van der Waals surface area contributed by atoms with Gasteiger partial charge in [-0.25, -0.2) is 4.79 Å². The first-order chi connectivity index (χ1) is 13.1. The lowest BCUT2D eigenvalue weighted by Crippen LogP contribution is -2.48. The average Bonchev–Trinajstić information content (AvgIpc) is 2.66. The molecule has 4 aliphatic carbocycles. The van der Waals surface area contributed by atoms with Gasteiger partial charge >= 0.3 is 5.97 Å². The number of carbonyl (C=O) groups is 1. The second-order valence-electron chi connectivity index (χ2n) is 8.99. The van der Waals surface area contributed by atoms with E-state index in [1.54, 1.807) is 12.1 Å². The summed E-state index contributed by atoms with van der Waals surface area (Å²) in [5, 5.41) is 9.46. The van der Waals surface area contributed by atoms with E-state index in [2.05, 4.69) is 6.07 Å². The van der Waals surface area contributed by atoms with Crippen molar-refractivity contribution in [2.24, 2.45) is 17.8 Å². The SMILES string of the molecule is O=C(O)c1ccc(C23CC4CC(CC(C4)C2)C3)c(OCc2ccccc2)c1. The molecule has 0 spiro atoms.